The van der Waals surface area contributed by atoms with Gasteiger partial charge in [-0.25, -0.2) is 4.79 Å². The summed E-state index contributed by atoms with van der Waals surface area (Å²) in [7, 11) is 1.46. The first-order chi connectivity index (χ1) is 8.58. The van der Waals surface area contributed by atoms with Crippen LogP contribution in [0.25, 0.3) is 0 Å². The van der Waals surface area contributed by atoms with Crippen LogP contribution >= 0.6 is 0 Å². The fourth-order valence-electron chi connectivity index (χ4n) is 1.26. The van der Waals surface area contributed by atoms with Gasteiger partial charge in [-0.1, -0.05) is 19.1 Å². The Labute approximate surface area is 109 Å². The lowest BCUT2D eigenvalue weighted by atomic mass is 10.1. The highest BCUT2D eigenvalue weighted by molar-refractivity contribution is 5.75. The molecule has 0 aliphatic heterocycles. The molecule has 0 aromatic heterocycles. The van der Waals surface area contributed by atoms with Crippen molar-refractivity contribution < 1.29 is 23.7 Å². The van der Waals surface area contributed by atoms with Gasteiger partial charge in [-0.05, 0) is 20.3 Å². The van der Waals surface area contributed by atoms with Gasteiger partial charge in [0, 0.05) is 20.1 Å². The van der Waals surface area contributed by atoms with Crippen molar-refractivity contribution in [3.05, 3.63) is 12.2 Å². The van der Waals surface area contributed by atoms with E-state index in [0.29, 0.717) is 19.6 Å². The highest BCUT2D eigenvalue weighted by atomic mass is 16.8. The zero-order valence-corrected chi connectivity index (χ0v) is 11.7. The molecular weight excluding hydrogens is 236 g/mol. The van der Waals surface area contributed by atoms with Crippen molar-refractivity contribution in [3.63, 3.8) is 0 Å². The quantitative estimate of drug-likeness (QED) is 0.342. The Balaban J connectivity index is 4.53. The van der Waals surface area contributed by atoms with Gasteiger partial charge in [-0.2, -0.15) is 0 Å². The van der Waals surface area contributed by atoms with E-state index in [2.05, 4.69) is 6.58 Å². The summed E-state index contributed by atoms with van der Waals surface area (Å²) < 4.78 is 20.6. The standard InChI is InChI=1S/C13H24O5/c1-6-10(4)9-11(12(14)16-7-2)18-13(15-5)17-8-3/h11,13H,4,6-9H2,1-3,5H3. The van der Waals surface area contributed by atoms with E-state index in [1.54, 1.807) is 6.92 Å². The van der Waals surface area contributed by atoms with Crippen LogP contribution in [0.4, 0.5) is 0 Å². The second kappa shape index (κ2) is 10.1. The van der Waals surface area contributed by atoms with Crippen LogP contribution in [0, 0.1) is 0 Å². The largest absolute Gasteiger partial charge is 0.464 e. The molecule has 0 aliphatic carbocycles. The number of methoxy groups -OCH3 is 1. The van der Waals surface area contributed by atoms with Crippen LogP contribution in [0.2, 0.25) is 0 Å². The number of rotatable bonds is 10. The minimum absolute atomic E-state index is 0.309. The molecule has 0 fully saturated rings. The Hall–Kier alpha value is -0.910. The monoisotopic (exact) mass is 260 g/mol. The smallest absolute Gasteiger partial charge is 0.335 e. The Kier molecular flexibility index (Phi) is 9.55. The van der Waals surface area contributed by atoms with E-state index < -0.39 is 18.5 Å². The second-order valence-corrected chi connectivity index (χ2v) is 3.66. The van der Waals surface area contributed by atoms with Gasteiger partial charge in [0.05, 0.1) is 6.61 Å². The van der Waals surface area contributed by atoms with Crippen molar-refractivity contribution in [2.75, 3.05) is 20.3 Å². The molecule has 2 atom stereocenters. The molecule has 2 unspecified atom stereocenters. The van der Waals surface area contributed by atoms with Gasteiger partial charge in [0.25, 0.3) is 6.48 Å². The minimum atomic E-state index is -0.867. The van der Waals surface area contributed by atoms with Crippen LogP contribution in [-0.2, 0) is 23.7 Å². The number of hydrogen-bond donors (Lipinski definition) is 0. The van der Waals surface area contributed by atoms with E-state index in [1.165, 1.54) is 7.11 Å². The molecule has 0 bridgehead atoms. The van der Waals surface area contributed by atoms with Crippen molar-refractivity contribution >= 4 is 5.97 Å². The van der Waals surface area contributed by atoms with Crippen LogP contribution in [0.15, 0.2) is 12.2 Å². The molecule has 0 heterocycles. The first-order valence-electron chi connectivity index (χ1n) is 6.22. The van der Waals surface area contributed by atoms with E-state index >= 15 is 0 Å². The van der Waals surface area contributed by atoms with Gasteiger partial charge in [-0.3, -0.25) is 0 Å². The maximum absolute atomic E-state index is 11.8. The number of carbonyl (C=O) groups excluding carboxylic acids is 1. The average molecular weight is 260 g/mol. The number of ether oxygens (including phenoxy) is 4. The predicted molar refractivity (Wildman–Crippen MR) is 68.0 cm³/mol. The summed E-state index contributed by atoms with van der Waals surface area (Å²) in [6.45, 7) is 9.28. The molecule has 5 heteroatoms. The van der Waals surface area contributed by atoms with Crippen LogP contribution in [0.1, 0.15) is 33.6 Å². The average Bonchev–Trinajstić information content (AvgIpc) is 2.37. The molecule has 0 rings (SSSR count). The van der Waals surface area contributed by atoms with E-state index in [9.17, 15) is 4.79 Å². The summed E-state index contributed by atoms with van der Waals surface area (Å²) in [6.07, 6.45) is 0.447. The van der Waals surface area contributed by atoms with E-state index in [4.69, 9.17) is 18.9 Å². The predicted octanol–water partition coefficient (Wildman–Crippen LogP) is 2.26. The van der Waals surface area contributed by atoms with Gasteiger partial charge in [0.1, 0.15) is 0 Å². The lowest BCUT2D eigenvalue weighted by Gasteiger charge is -2.22. The molecule has 18 heavy (non-hydrogen) atoms. The Morgan fingerprint density at radius 1 is 1.22 bits per heavy atom. The lowest BCUT2D eigenvalue weighted by Crippen LogP contribution is -2.33. The Bertz CT molecular complexity index is 252. The molecule has 0 saturated heterocycles. The topological polar surface area (TPSA) is 54.0 Å². The number of hydrogen-bond acceptors (Lipinski definition) is 5. The van der Waals surface area contributed by atoms with Crippen molar-refractivity contribution in [2.45, 2.75) is 46.2 Å². The van der Waals surface area contributed by atoms with Crippen LogP contribution in [0.5, 0.6) is 0 Å². The fourth-order valence-corrected chi connectivity index (χ4v) is 1.26. The molecule has 0 amide bonds. The molecule has 5 nitrogen and oxygen atoms in total. The van der Waals surface area contributed by atoms with Crippen LogP contribution in [-0.4, -0.2) is 38.9 Å². The fraction of sp³-hybridized carbons (Fsp3) is 0.769. The van der Waals surface area contributed by atoms with E-state index in [-0.39, 0.29) is 0 Å². The molecule has 0 saturated carbocycles. The molecule has 0 radical (unpaired) electrons. The first kappa shape index (κ1) is 17.1. The molecule has 0 aromatic carbocycles. The maximum atomic E-state index is 11.8. The maximum Gasteiger partial charge on any atom is 0.335 e. The zero-order chi connectivity index (χ0) is 14.0. The highest BCUT2D eigenvalue weighted by Gasteiger charge is 2.25. The summed E-state index contributed by atoms with van der Waals surface area (Å²) in [6, 6.07) is 0. The van der Waals surface area contributed by atoms with Crippen LogP contribution in [0.3, 0.4) is 0 Å². The highest BCUT2D eigenvalue weighted by Crippen LogP contribution is 2.14. The van der Waals surface area contributed by atoms with Gasteiger partial charge >= 0.3 is 5.97 Å². The Morgan fingerprint density at radius 3 is 2.33 bits per heavy atom. The SMILES string of the molecule is C=C(CC)CC(OC(OC)OCC)C(=O)OCC. The zero-order valence-electron chi connectivity index (χ0n) is 11.7. The van der Waals surface area contributed by atoms with Gasteiger partial charge in [0.2, 0.25) is 0 Å². The summed E-state index contributed by atoms with van der Waals surface area (Å²) >= 11 is 0. The van der Waals surface area contributed by atoms with Gasteiger partial charge < -0.3 is 18.9 Å². The molecular formula is C13H24O5. The number of carbonyl (C=O) groups is 1. The minimum Gasteiger partial charge on any atom is -0.464 e. The van der Waals surface area contributed by atoms with Gasteiger partial charge in [0.15, 0.2) is 6.10 Å². The third kappa shape index (κ3) is 6.74. The van der Waals surface area contributed by atoms with Crippen molar-refractivity contribution in [3.8, 4) is 0 Å². The third-order valence-electron chi connectivity index (χ3n) is 2.29. The summed E-state index contributed by atoms with van der Waals surface area (Å²) in [5.41, 5.74) is 0.916. The van der Waals surface area contributed by atoms with Crippen molar-refractivity contribution in [1.82, 2.24) is 0 Å². The van der Waals surface area contributed by atoms with Crippen molar-refractivity contribution in [1.29, 1.82) is 0 Å². The Morgan fingerprint density at radius 2 is 1.89 bits per heavy atom. The molecule has 0 aromatic rings. The normalized spacial score (nSPS) is 14.0. The van der Waals surface area contributed by atoms with Crippen molar-refractivity contribution in [2.24, 2.45) is 0 Å². The molecule has 0 N–H and O–H groups in total. The molecule has 0 aliphatic rings. The third-order valence-corrected chi connectivity index (χ3v) is 2.29. The second-order valence-electron chi connectivity index (χ2n) is 3.66. The summed E-state index contributed by atoms with van der Waals surface area (Å²) in [4.78, 5) is 11.8. The van der Waals surface area contributed by atoms with E-state index in [0.717, 1.165) is 12.0 Å². The lowest BCUT2D eigenvalue weighted by molar-refractivity contribution is -0.291. The first-order valence-corrected chi connectivity index (χ1v) is 6.22. The summed E-state index contributed by atoms with van der Waals surface area (Å²) in [5.74, 6) is -0.422. The van der Waals surface area contributed by atoms with Gasteiger partial charge in [-0.15, -0.1) is 0 Å². The number of esters is 1. The van der Waals surface area contributed by atoms with E-state index in [1.807, 2.05) is 13.8 Å². The summed E-state index contributed by atoms with van der Waals surface area (Å²) in [5, 5.41) is 0. The molecule has 106 valence electrons. The molecule has 0 spiro atoms. The van der Waals surface area contributed by atoms with Crippen LogP contribution < -0.4 is 0 Å².